The van der Waals surface area contributed by atoms with E-state index in [2.05, 4.69) is 25.9 Å². The van der Waals surface area contributed by atoms with Gasteiger partial charge in [-0.1, -0.05) is 0 Å². The summed E-state index contributed by atoms with van der Waals surface area (Å²) in [5.41, 5.74) is 6.86. The zero-order valence-electron chi connectivity index (χ0n) is 6.91. The number of fused-ring (bicyclic) bond motifs is 1. The molecule has 0 bridgehead atoms. The number of anilines is 1. The third kappa shape index (κ3) is 1.24. The van der Waals surface area contributed by atoms with Gasteiger partial charge in [-0.3, -0.25) is 0 Å². The van der Waals surface area contributed by atoms with Crippen LogP contribution in [0.4, 0.5) is 5.69 Å². The van der Waals surface area contributed by atoms with Crippen molar-refractivity contribution in [2.75, 3.05) is 5.73 Å². The summed E-state index contributed by atoms with van der Waals surface area (Å²) in [6.45, 7) is 0. The topological polar surface area (TPSA) is 92.0 Å². The molecule has 0 aliphatic rings. The van der Waals surface area contributed by atoms with Crippen LogP contribution in [0.3, 0.4) is 0 Å². The Morgan fingerprint density at radius 1 is 1.64 bits per heavy atom. The number of H-pyrrole nitrogens is 1. The number of hydrogen-bond acceptors (Lipinski definition) is 3. The van der Waals surface area contributed by atoms with Gasteiger partial charge in [0.25, 0.3) is 0 Å². The minimum absolute atomic E-state index is 0.103. The average molecular weight is 256 g/mol. The van der Waals surface area contributed by atoms with Crippen molar-refractivity contribution in [3.8, 4) is 0 Å². The molecule has 0 atom stereocenters. The van der Waals surface area contributed by atoms with Gasteiger partial charge in [0.05, 0.1) is 17.4 Å². The molecule has 14 heavy (non-hydrogen) atoms. The molecule has 0 unspecified atom stereocenters. The first-order valence-corrected chi connectivity index (χ1v) is 4.55. The Bertz CT molecular complexity index is 521. The van der Waals surface area contributed by atoms with Gasteiger partial charge in [-0.05, 0) is 22.0 Å². The number of aromatic carboxylic acids is 1. The Balaban J connectivity index is 2.77. The molecule has 4 N–H and O–H groups in total. The number of hydrogen-bond donors (Lipinski definition) is 3. The van der Waals surface area contributed by atoms with Crippen molar-refractivity contribution < 1.29 is 9.90 Å². The molecule has 2 rings (SSSR count). The zero-order valence-corrected chi connectivity index (χ0v) is 8.50. The number of aromatic nitrogens is 2. The fraction of sp³-hybridized carbons (Fsp3) is 0. The van der Waals surface area contributed by atoms with Gasteiger partial charge in [0, 0.05) is 5.39 Å². The molecular formula is C8H6BrN3O2. The maximum Gasteiger partial charge on any atom is 0.352 e. The van der Waals surface area contributed by atoms with Gasteiger partial charge < -0.3 is 15.8 Å². The number of nitrogen functional groups attached to an aromatic ring is 1. The van der Waals surface area contributed by atoms with E-state index < -0.39 is 5.97 Å². The summed E-state index contributed by atoms with van der Waals surface area (Å²) in [5.74, 6) is -1.02. The molecule has 2 aromatic rings. The second kappa shape index (κ2) is 2.98. The molecule has 2 heterocycles. The molecular weight excluding hydrogens is 250 g/mol. The van der Waals surface area contributed by atoms with Gasteiger partial charge in [0.2, 0.25) is 0 Å². The average Bonchev–Trinajstić information content (AvgIpc) is 2.56. The van der Waals surface area contributed by atoms with Crippen molar-refractivity contribution in [2.24, 2.45) is 0 Å². The number of carboxylic acids is 1. The van der Waals surface area contributed by atoms with E-state index in [-0.39, 0.29) is 5.69 Å². The summed E-state index contributed by atoms with van der Waals surface area (Å²) in [7, 11) is 0. The Labute approximate surface area is 87.1 Å². The lowest BCUT2D eigenvalue weighted by molar-refractivity contribution is 0.0691. The van der Waals surface area contributed by atoms with Crippen molar-refractivity contribution >= 4 is 38.5 Å². The van der Waals surface area contributed by atoms with E-state index in [0.717, 1.165) is 0 Å². The second-order valence-corrected chi connectivity index (χ2v) is 3.53. The summed E-state index contributed by atoms with van der Waals surface area (Å²) in [6, 6.07) is 1.49. The highest BCUT2D eigenvalue weighted by atomic mass is 79.9. The first-order valence-electron chi connectivity index (χ1n) is 3.75. The number of carboxylic acid groups (broad SMARTS) is 1. The predicted molar refractivity (Wildman–Crippen MR) is 55.2 cm³/mol. The van der Waals surface area contributed by atoms with Crippen molar-refractivity contribution in [3.05, 3.63) is 22.6 Å². The summed E-state index contributed by atoms with van der Waals surface area (Å²) >= 11 is 3.17. The highest BCUT2D eigenvalue weighted by molar-refractivity contribution is 9.10. The molecule has 6 heteroatoms. The van der Waals surface area contributed by atoms with Crippen molar-refractivity contribution in [1.29, 1.82) is 0 Å². The molecule has 0 saturated heterocycles. The Hall–Kier alpha value is -1.56. The minimum Gasteiger partial charge on any atom is -0.477 e. The van der Waals surface area contributed by atoms with Crippen LogP contribution in [0, 0.1) is 0 Å². The van der Waals surface area contributed by atoms with Gasteiger partial charge >= 0.3 is 5.97 Å². The van der Waals surface area contributed by atoms with Gasteiger partial charge in [-0.15, -0.1) is 0 Å². The van der Waals surface area contributed by atoms with Gasteiger partial charge in [0.15, 0.2) is 0 Å². The lowest BCUT2D eigenvalue weighted by Gasteiger charge is -1.96. The smallest absolute Gasteiger partial charge is 0.352 e. The number of pyridine rings is 1. The molecule has 5 nitrogen and oxygen atoms in total. The van der Waals surface area contributed by atoms with Gasteiger partial charge in [-0.25, -0.2) is 9.78 Å². The van der Waals surface area contributed by atoms with Gasteiger partial charge in [0.1, 0.15) is 10.3 Å². The molecule has 0 saturated carbocycles. The van der Waals surface area contributed by atoms with Crippen molar-refractivity contribution in [1.82, 2.24) is 9.97 Å². The predicted octanol–water partition coefficient (Wildman–Crippen LogP) is 1.61. The van der Waals surface area contributed by atoms with E-state index >= 15 is 0 Å². The number of carbonyl (C=O) groups is 1. The number of rotatable bonds is 1. The summed E-state index contributed by atoms with van der Waals surface area (Å²) in [5, 5.41) is 9.40. The normalized spacial score (nSPS) is 10.6. The molecule has 0 amide bonds. The molecule has 72 valence electrons. The number of nitrogens with one attached hydrogen (secondary N) is 1. The summed E-state index contributed by atoms with van der Waals surface area (Å²) < 4.78 is 0.515. The SMILES string of the molecule is Nc1c(Br)ncc2[nH]c(C(=O)O)cc12. The number of nitrogens with zero attached hydrogens (tertiary/aromatic N) is 1. The minimum atomic E-state index is -1.02. The van der Waals surface area contributed by atoms with Crippen LogP contribution >= 0.6 is 15.9 Å². The van der Waals surface area contributed by atoms with Crippen LogP contribution < -0.4 is 5.73 Å². The fourth-order valence-corrected chi connectivity index (χ4v) is 1.53. The fourth-order valence-electron chi connectivity index (χ4n) is 1.21. The number of nitrogens with two attached hydrogens (primary N) is 1. The maximum atomic E-state index is 10.7. The molecule has 0 fully saturated rings. The van der Waals surface area contributed by atoms with E-state index in [4.69, 9.17) is 10.8 Å². The number of aromatic amines is 1. The standard InChI is InChI=1S/C8H6BrN3O2/c9-7-6(10)3-1-4(8(13)14)12-5(3)2-11-7/h1-2,12H,10H2,(H,13,14). The van der Waals surface area contributed by atoms with Crippen LogP contribution in [-0.2, 0) is 0 Å². The molecule has 0 aromatic carbocycles. The van der Waals surface area contributed by atoms with Crippen LogP contribution in [0.15, 0.2) is 16.9 Å². The number of halogens is 1. The van der Waals surface area contributed by atoms with Crippen molar-refractivity contribution in [3.63, 3.8) is 0 Å². The van der Waals surface area contributed by atoms with E-state index in [1.807, 2.05) is 0 Å². The van der Waals surface area contributed by atoms with Gasteiger partial charge in [-0.2, -0.15) is 0 Å². The summed E-state index contributed by atoms with van der Waals surface area (Å²) in [6.07, 6.45) is 1.53. The molecule has 0 aliphatic heterocycles. The Morgan fingerprint density at radius 2 is 2.36 bits per heavy atom. The highest BCUT2D eigenvalue weighted by Gasteiger charge is 2.11. The van der Waals surface area contributed by atoms with Crippen LogP contribution in [0.2, 0.25) is 0 Å². The third-order valence-electron chi connectivity index (χ3n) is 1.90. The van der Waals surface area contributed by atoms with Crippen LogP contribution in [0.1, 0.15) is 10.5 Å². The lowest BCUT2D eigenvalue weighted by atomic mass is 10.3. The lowest BCUT2D eigenvalue weighted by Crippen LogP contribution is -1.94. The van der Waals surface area contributed by atoms with Crippen LogP contribution in [0.25, 0.3) is 10.9 Å². The third-order valence-corrected chi connectivity index (χ3v) is 2.53. The zero-order chi connectivity index (χ0) is 10.3. The molecule has 0 spiro atoms. The molecule has 2 aromatic heterocycles. The molecule has 0 radical (unpaired) electrons. The first kappa shape index (κ1) is 9.01. The van der Waals surface area contributed by atoms with E-state index in [0.29, 0.717) is 21.2 Å². The van der Waals surface area contributed by atoms with E-state index in [1.54, 1.807) is 0 Å². The largest absolute Gasteiger partial charge is 0.477 e. The Kier molecular flexibility index (Phi) is 1.92. The first-order chi connectivity index (χ1) is 6.59. The van der Waals surface area contributed by atoms with E-state index in [9.17, 15) is 4.79 Å². The maximum absolute atomic E-state index is 10.7. The van der Waals surface area contributed by atoms with Crippen LogP contribution in [-0.4, -0.2) is 21.0 Å². The monoisotopic (exact) mass is 255 g/mol. The second-order valence-electron chi connectivity index (χ2n) is 2.78. The summed E-state index contributed by atoms with van der Waals surface area (Å²) in [4.78, 5) is 17.3. The Morgan fingerprint density at radius 3 is 3.00 bits per heavy atom. The molecule has 0 aliphatic carbocycles. The van der Waals surface area contributed by atoms with Crippen molar-refractivity contribution in [2.45, 2.75) is 0 Å². The van der Waals surface area contributed by atoms with Crippen LogP contribution in [0.5, 0.6) is 0 Å². The van der Waals surface area contributed by atoms with E-state index in [1.165, 1.54) is 12.3 Å². The quantitative estimate of drug-likeness (QED) is 0.676. The highest BCUT2D eigenvalue weighted by Crippen LogP contribution is 2.26.